The van der Waals surface area contributed by atoms with Gasteiger partial charge in [0.15, 0.2) is 12.4 Å². The van der Waals surface area contributed by atoms with Crippen molar-refractivity contribution < 1.29 is 28.5 Å². The molecule has 0 saturated carbocycles. The van der Waals surface area contributed by atoms with E-state index < -0.39 is 0 Å². The van der Waals surface area contributed by atoms with E-state index in [1.165, 1.54) is 7.11 Å². The maximum atomic E-state index is 12.5. The Balaban J connectivity index is 1.36. The zero-order valence-electron chi connectivity index (χ0n) is 17.6. The molecule has 0 unspecified atom stereocenters. The van der Waals surface area contributed by atoms with Crippen molar-refractivity contribution in [2.24, 2.45) is 0 Å². The van der Waals surface area contributed by atoms with Gasteiger partial charge in [-0.2, -0.15) is 0 Å². The van der Waals surface area contributed by atoms with Crippen LogP contribution in [0.3, 0.4) is 0 Å². The summed E-state index contributed by atoms with van der Waals surface area (Å²) in [6.07, 6.45) is 1.66. The fourth-order valence-corrected chi connectivity index (χ4v) is 3.19. The molecule has 3 aromatic carbocycles. The number of ether oxygens (including phenoxy) is 4. The standard InChI is InChI=1S/C25H21NO6/c1-29-18-11-12-19-22(14-18)32-23(25(19)28)13-16-7-9-17(10-8-16)31-15-24(27)26-20-5-3-4-6-21(20)30-2/h3-14H,15H2,1-2H3,(H,26,27)/b23-13+. The van der Waals surface area contributed by atoms with Crippen LogP contribution < -0.4 is 24.3 Å². The molecule has 0 spiro atoms. The largest absolute Gasteiger partial charge is 0.497 e. The first kappa shape index (κ1) is 21.0. The summed E-state index contributed by atoms with van der Waals surface area (Å²) in [7, 11) is 3.10. The van der Waals surface area contributed by atoms with E-state index in [0.29, 0.717) is 34.2 Å². The minimum absolute atomic E-state index is 0.156. The number of Topliss-reactive ketones (excluding diaryl/α,β-unsaturated/α-hetero) is 1. The highest BCUT2D eigenvalue weighted by Gasteiger charge is 2.27. The monoisotopic (exact) mass is 431 g/mol. The Kier molecular flexibility index (Phi) is 6.07. The number of hydrogen-bond acceptors (Lipinski definition) is 6. The number of ketones is 1. The summed E-state index contributed by atoms with van der Waals surface area (Å²) in [5.74, 6) is 1.93. The van der Waals surface area contributed by atoms with Crippen LogP contribution >= 0.6 is 0 Å². The van der Waals surface area contributed by atoms with Crippen LogP contribution in [0.25, 0.3) is 6.08 Å². The van der Waals surface area contributed by atoms with Gasteiger partial charge < -0.3 is 24.3 Å². The predicted molar refractivity (Wildman–Crippen MR) is 119 cm³/mol. The minimum Gasteiger partial charge on any atom is -0.497 e. The van der Waals surface area contributed by atoms with Crippen LogP contribution in [-0.2, 0) is 4.79 Å². The molecular weight excluding hydrogens is 410 g/mol. The Labute approximate surface area is 185 Å². The fraction of sp³-hybridized carbons (Fsp3) is 0.120. The highest BCUT2D eigenvalue weighted by Crippen LogP contribution is 2.34. The van der Waals surface area contributed by atoms with Crippen molar-refractivity contribution in [2.45, 2.75) is 0 Å². The summed E-state index contributed by atoms with van der Waals surface area (Å²) < 4.78 is 21.6. The number of rotatable bonds is 7. The topological polar surface area (TPSA) is 83.1 Å². The van der Waals surface area contributed by atoms with Gasteiger partial charge in [-0.25, -0.2) is 0 Å². The molecule has 0 fully saturated rings. The number of allylic oxidation sites excluding steroid dienone is 1. The summed E-state index contributed by atoms with van der Waals surface area (Å²) in [6.45, 7) is -0.156. The van der Waals surface area contributed by atoms with Crippen molar-refractivity contribution in [3.63, 3.8) is 0 Å². The first-order chi connectivity index (χ1) is 15.6. The van der Waals surface area contributed by atoms with Gasteiger partial charge in [-0.1, -0.05) is 24.3 Å². The second-order valence-electron chi connectivity index (χ2n) is 6.91. The summed E-state index contributed by atoms with van der Waals surface area (Å²) in [5, 5.41) is 2.75. The maximum Gasteiger partial charge on any atom is 0.262 e. The number of para-hydroxylation sites is 2. The van der Waals surface area contributed by atoms with Crippen molar-refractivity contribution in [3.8, 4) is 23.0 Å². The zero-order valence-corrected chi connectivity index (χ0v) is 17.6. The fourth-order valence-electron chi connectivity index (χ4n) is 3.19. The Bertz CT molecular complexity index is 1180. The van der Waals surface area contributed by atoms with Gasteiger partial charge in [-0.05, 0) is 48.0 Å². The lowest BCUT2D eigenvalue weighted by Gasteiger charge is -2.10. The molecule has 0 aromatic heterocycles. The summed E-state index contributed by atoms with van der Waals surface area (Å²) >= 11 is 0. The van der Waals surface area contributed by atoms with E-state index in [1.807, 2.05) is 6.07 Å². The Morgan fingerprint density at radius 2 is 1.72 bits per heavy atom. The second-order valence-corrected chi connectivity index (χ2v) is 6.91. The van der Waals surface area contributed by atoms with E-state index in [1.54, 1.807) is 73.8 Å². The average Bonchev–Trinajstić information content (AvgIpc) is 3.13. The highest BCUT2D eigenvalue weighted by atomic mass is 16.5. The van der Waals surface area contributed by atoms with Gasteiger partial charge in [0.1, 0.15) is 23.0 Å². The molecule has 0 aliphatic carbocycles. The van der Waals surface area contributed by atoms with E-state index in [2.05, 4.69) is 5.32 Å². The number of amides is 1. The molecule has 1 N–H and O–H groups in total. The molecular formula is C25H21NO6. The van der Waals surface area contributed by atoms with Crippen LogP contribution in [0.5, 0.6) is 23.0 Å². The van der Waals surface area contributed by atoms with Gasteiger partial charge in [-0.15, -0.1) is 0 Å². The van der Waals surface area contributed by atoms with Crippen molar-refractivity contribution in [1.29, 1.82) is 0 Å². The normalized spacial score (nSPS) is 13.3. The van der Waals surface area contributed by atoms with E-state index in [4.69, 9.17) is 18.9 Å². The molecule has 7 nitrogen and oxygen atoms in total. The molecule has 0 radical (unpaired) electrons. The van der Waals surface area contributed by atoms with E-state index in [0.717, 1.165) is 5.56 Å². The van der Waals surface area contributed by atoms with Crippen molar-refractivity contribution in [2.75, 3.05) is 26.1 Å². The summed E-state index contributed by atoms with van der Waals surface area (Å²) in [6, 6.07) is 19.2. The summed E-state index contributed by atoms with van der Waals surface area (Å²) in [5.41, 5.74) is 1.84. The Morgan fingerprint density at radius 3 is 2.47 bits per heavy atom. The lowest BCUT2D eigenvalue weighted by atomic mass is 10.1. The van der Waals surface area contributed by atoms with Crippen molar-refractivity contribution in [1.82, 2.24) is 0 Å². The molecule has 7 heteroatoms. The summed E-state index contributed by atoms with van der Waals surface area (Å²) in [4.78, 5) is 24.7. The van der Waals surface area contributed by atoms with Gasteiger partial charge in [0.05, 0.1) is 25.5 Å². The molecule has 1 aliphatic heterocycles. The van der Waals surface area contributed by atoms with Crippen LogP contribution in [0.4, 0.5) is 5.69 Å². The molecule has 0 bridgehead atoms. The number of hydrogen-bond donors (Lipinski definition) is 1. The number of fused-ring (bicyclic) bond motifs is 1. The first-order valence-electron chi connectivity index (χ1n) is 9.85. The molecule has 162 valence electrons. The van der Waals surface area contributed by atoms with Crippen molar-refractivity contribution in [3.05, 3.63) is 83.6 Å². The number of carbonyl (C=O) groups excluding carboxylic acids is 2. The molecule has 1 amide bonds. The highest BCUT2D eigenvalue weighted by molar-refractivity contribution is 6.14. The van der Waals surface area contributed by atoms with Crippen LogP contribution in [0.1, 0.15) is 15.9 Å². The third-order valence-electron chi connectivity index (χ3n) is 4.81. The third-order valence-corrected chi connectivity index (χ3v) is 4.81. The van der Waals surface area contributed by atoms with Crippen molar-refractivity contribution >= 4 is 23.5 Å². The van der Waals surface area contributed by atoms with Crippen LogP contribution in [-0.4, -0.2) is 32.5 Å². The molecule has 1 aliphatic rings. The molecule has 0 saturated heterocycles. The number of methoxy groups -OCH3 is 2. The molecule has 3 aromatic rings. The lowest BCUT2D eigenvalue weighted by molar-refractivity contribution is -0.118. The second kappa shape index (κ2) is 9.26. The number of nitrogens with one attached hydrogen (secondary N) is 1. The first-order valence-corrected chi connectivity index (χ1v) is 9.85. The van der Waals surface area contributed by atoms with E-state index in [-0.39, 0.29) is 24.1 Å². The SMILES string of the molecule is COc1ccc2c(c1)O/C(=C/c1ccc(OCC(=O)Nc3ccccc3OC)cc1)C2=O. The molecule has 32 heavy (non-hydrogen) atoms. The average molecular weight is 431 g/mol. The third kappa shape index (κ3) is 4.57. The van der Waals surface area contributed by atoms with Crippen LogP contribution in [0, 0.1) is 0 Å². The van der Waals surface area contributed by atoms with E-state index in [9.17, 15) is 9.59 Å². The molecule has 1 heterocycles. The zero-order chi connectivity index (χ0) is 22.5. The Morgan fingerprint density at radius 1 is 0.969 bits per heavy atom. The molecule has 0 atom stereocenters. The molecule has 4 rings (SSSR count). The number of benzene rings is 3. The minimum atomic E-state index is -0.307. The van der Waals surface area contributed by atoms with Gasteiger partial charge in [-0.3, -0.25) is 9.59 Å². The van der Waals surface area contributed by atoms with E-state index >= 15 is 0 Å². The quantitative estimate of drug-likeness (QED) is 0.561. The van der Waals surface area contributed by atoms with Crippen LogP contribution in [0.2, 0.25) is 0 Å². The predicted octanol–water partition coefficient (Wildman–Crippen LogP) is 4.34. The van der Waals surface area contributed by atoms with Gasteiger partial charge in [0.2, 0.25) is 5.78 Å². The lowest BCUT2D eigenvalue weighted by Crippen LogP contribution is -2.20. The smallest absolute Gasteiger partial charge is 0.262 e. The number of anilines is 1. The van der Waals surface area contributed by atoms with Gasteiger partial charge in [0.25, 0.3) is 5.91 Å². The van der Waals surface area contributed by atoms with Crippen LogP contribution in [0.15, 0.2) is 72.5 Å². The Hall–Kier alpha value is -4.26. The van der Waals surface area contributed by atoms with Gasteiger partial charge in [0, 0.05) is 6.07 Å². The maximum absolute atomic E-state index is 12.5. The number of carbonyl (C=O) groups is 2. The van der Waals surface area contributed by atoms with Gasteiger partial charge >= 0.3 is 0 Å².